The molecule has 1 saturated heterocycles. The number of rotatable bonds is 9. The zero-order valence-electron chi connectivity index (χ0n) is 23.8. The number of pyridine rings is 1. The van der Waals surface area contributed by atoms with E-state index in [4.69, 9.17) is 15.2 Å². The molecule has 1 aliphatic rings. The molecule has 4 heterocycles. The number of anilines is 2. The van der Waals surface area contributed by atoms with E-state index in [1.165, 1.54) is 26.0 Å². The SMILES string of the molecule is CCOC(=O)Nc1ncnc2c1ncn2Cc1cc(-c2cc(F)c(OC)cc2F)ncc1N1CCC[C@](N)([C@H](O)C(F)F)C1. The van der Waals surface area contributed by atoms with Crippen molar-refractivity contribution in [1.82, 2.24) is 24.5 Å². The van der Waals surface area contributed by atoms with Crippen molar-refractivity contribution in [1.29, 1.82) is 0 Å². The Balaban J connectivity index is 1.58. The highest BCUT2D eigenvalue weighted by Gasteiger charge is 2.43. The van der Waals surface area contributed by atoms with Crippen molar-refractivity contribution in [2.75, 3.05) is 37.0 Å². The van der Waals surface area contributed by atoms with Gasteiger partial charge in [0.15, 0.2) is 28.5 Å². The number of hydrogen-bond acceptors (Lipinski definition) is 10. The molecule has 4 aromatic rings. The number of fused-ring (bicyclic) bond motifs is 1. The van der Waals surface area contributed by atoms with E-state index in [1.54, 1.807) is 22.5 Å². The number of aliphatic hydroxyl groups excluding tert-OH is 1. The fraction of sp³-hybridized carbons (Fsp3) is 0.393. The van der Waals surface area contributed by atoms with Crippen molar-refractivity contribution >= 4 is 28.8 Å². The summed E-state index contributed by atoms with van der Waals surface area (Å²) in [6, 6.07) is 3.43. The fourth-order valence-corrected chi connectivity index (χ4v) is 5.28. The Labute approximate surface area is 248 Å². The van der Waals surface area contributed by atoms with Crippen LogP contribution in [0.1, 0.15) is 25.3 Å². The number of benzene rings is 1. The lowest BCUT2D eigenvalue weighted by Gasteiger charge is -2.44. The Morgan fingerprint density at radius 3 is 2.70 bits per heavy atom. The van der Waals surface area contributed by atoms with Crippen molar-refractivity contribution in [3.63, 3.8) is 0 Å². The molecule has 0 spiro atoms. The third-order valence-corrected chi connectivity index (χ3v) is 7.45. The summed E-state index contributed by atoms with van der Waals surface area (Å²) >= 11 is 0. The van der Waals surface area contributed by atoms with Crippen LogP contribution in [0.25, 0.3) is 22.4 Å². The number of aromatic nitrogens is 5. The zero-order chi connectivity index (χ0) is 31.6. The highest BCUT2D eigenvalue weighted by atomic mass is 19.3. The van der Waals surface area contributed by atoms with Gasteiger partial charge in [0.2, 0.25) is 0 Å². The van der Waals surface area contributed by atoms with Crippen LogP contribution >= 0.6 is 0 Å². The number of nitrogens with zero attached hydrogens (tertiary/aromatic N) is 6. The van der Waals surface area contributed by atoms with Crippen LogP contribution in [0.4, 0.5) is 33.9 Å². The summed E-state index contributed by atoms with van der Waals surface area (Å²) in [7, 11) is 1.22. The van der Waals surface area contributed by atoms with Crippen LogP contribution in [0.5, 0.6) is 5.75 Å². The molecule has 16 heteroatoms. The molecule has 3 aromatic heterocycles. The molecular formula is C28H30F4N8O4. The molecule has 0 unspecified atom stereocenters. The number of aliphatic hydroxyl groups is 1. The Hall–Kier alpha value is -4.57. The van der Waals surface area contributed by atoms with E-state index in [0.29, 0.717) is 29.9 Å². The van der Waals surface area contributed by atoms with Gasteiger partial charge in [-0.2, -0.15) is 0 Å². The number of nitrogens with one attached hydrogen (secondary N) is 1. The number of piperidine rings is 1. The molecule has 0 bridgehead atoms. The van der Waals surface area contributed by atoms with E-state index in [1.807, 2.05) is 0 Å². The average molecular weight is 619 g/mol. The number of alkyl halides is 2. The van der Waals surface area contributed by atoms with Crippen LogP contribution in [0.15, 0.2) is 37.1 Å². The van der Waals surface area contributed by atoms with Crippen LogP contribution in [0.2, 0.25) is 0 Å². The molecule has 1 aliphatic heterocycles. The molecule has 44 heavy (non-hydrogen) atoms. The van der Waals surface area contributed by atoms with Gasteiger partial charge < -0.3 is 29.8 Å². The second kappa shape index (κ2) is 12.6. The summed E-state index contributed by atoms with van der Waals surface area (Å²) in [5.74, 6) is -1.72. The van der Waals surface area contributed by atoms with Gasteiger partial charge in [-0.1, -0.05) is 0 Å². The van der Waals surface area contributed by atoms with Gasteiger partial charge >= 0.3 is 6.09 Å². The van der Waals surface area contributed by atoms with Gasteiger partial charge in [-0.05, 0) is 37.5 Å². The maximum Gasteiger partial charge on any atom is 0.412 e. The Bertz CT molecular complexity index is 1670. The number of nitrogens with two attached hydrogens (primary N) is 1. The van der Waals surface area contributed by atoms with Gasteiger partial charge in [-0.3, -0.25) is 10.3 Å². The van der Waals surface area contributed by atoms with Gasteiger partial charge in [0.25, 0.3) is 6.43 Å². The van der Waals surface area contributed by atoms with Crippen molar-refractivity contribution in [2.45, 2.75) is 44.4 Å². The van der Waals surface area contributed by atoms with E-state index in [-0.39, 0.29) is 54.5 Å². The second-order valence-corrected chi connectivity index (χ2v) is 10.3. The molecule has 1 fully saturated rings. The second-order valence-electron chi connectivity index (χ2n) is 10.3. The summed E-state index contributed by atoms with van der Waals surface area (Å²) in [6.45, 7) is 2.16. The van der Waals surface area contributed by atoms with Crippen molar-refractivity contribution in [2.24, 2.45) is 5.73 Å². The van der Waals surface area contributed by atoms with E-state index in [0.717, 1.165) is 12.1 Å². The number of ether oxygens (including phenoxy) is 2. The van der Waals surface area contributed by atoms with Gasteiger partial charge in [0.05, 0.1) is 49.7 Å². The largest absolute Gasteiger partial charge is 0.494 e. The smallest absolute Gasteiger partial charge is 0.412 e. The summed E-state index contributed by atoms with van der Waals surface area (Å²) in [6.07, 6.45) is -1.13. The predicted molar refractivity (Wildman–Crippen MR) is 152 cm³/mol. The fourth-order valence-electron chi connectivity index (χ4n) is 5.28. The molecule has 0 aliphatic carbocycles. The minimum atomic E-state index is -3.04. The first-order chi connectivity index (χ1) is 21.0. The molecule has 5 rings (SSSR count). The Kier molecular flexibility index (Phi) is 8.82. The predicted octanol–water partition coefficient (Wildman–Crippen LogP) is 3.72. The van der Waals surface area contributed by atoms with E-state index < -0.39 is 35.8 Å². The van der Waals surface area contributed by atoms with Crippen LogP contribution < -0.4 is 20.7 Å². The number of imidazole rings is 1. The number of carbonyl (C=O) groups is 1. The zero-order valence-corrected chi connectivity index (χ0v) is 23.8. The summed E-state index contributed by atoms with van der Waals surface area (Å²) in [5, 5.41) is 12.7. The number of methoxy groups -OCH3 is 1. The molecule has 4 N–H and O–H groups in total. The Morgan fingerprint density at radius 2 is 1.98 bits per heavy atom. The minimum absolute atomic E-state index is 0.0585. The van der Waals surface area contributed by atoms with Crippen LogP contribution in [0.3, 0.4) is 0 Å². The van der Waals surface area contributed by atoms with Gasteiger partial charge in [-0.25, -0.2) is 37.3 Å². The summed E-state index contributed by atoms with van der Waals surface area (Å²) < 4.78 is 68.0. The molecule has 0 saturated carbocycles. The third-order valence-electron chi connectivity index (χ3n) is 7.45. The monoisotopic (exact) mass is 618 g/mol. The van der Waals surface area contributed by atoms with Crippen molar-refractivity contribution in [3.05, 3.63) is 54.2 Å². The molecule has 1 aromatic carbocycles. The number of halogens is 4. The highest BCUT2D eigenvalue weighted by molar-refractivity contribution is 5.93. The van der Waals surface area contributed by atoms with Crippen LogP contribution in [-0.2, 0) is 11.3 Å². The Morgan fingerprint density at radius 1 is 1.18 bits per heavy atom. The average Bonchev–Trinajstić information content (AvgIpc) is 3.41. The molecule has 2 atom stereocenters. The number of amides is 1. The van der Waals surface area contributed by atoms with Crippen molar-refractivity contribution in [3.8, 4) is 17.0 Å². The van der Waals surface area contributed by atoms with Gasteiger partial charge in [-0.15, -0.1) is 0 Å². The van der Waals surface area contributed by atoms with Crippen LogP contribution in [-0.4, -0.2) is 80.6 Å². The lowest BCUT2D eigenvalue weighted by molar-refractivity contribution is -0.0529. The lowest BCUT2D eigenvalue weighted by Crippen LogP contribution is -2.63. The van der Waals surface area contributed by atoms with E-state index >= 15 is 4.39 Å². The maximum atomic E-state index is 15.1. The topological polar surface area (TPSA) is 154 Å². The van der Waals surface area contributed by atoms with E-state index in [2.05, 4.69) is 25.3 Å². The van der Waals surface area contributed by atoms with Gasteiger partial charge in [0.1, 0.15) is 18.2 Å². The van der Waals surface area contributed by atoms with Crippen molar-refractivity contribution < 1.29 is 36.9 Å². The number of carbonyl (C=O) groups excluding carboxylic acids is 1. The highest BCUT2D eigenvalue weighted by Crippen LogP contribution is 2.35. The first-order valence-electron chi connectivity index (χ1n) is 13.7. The summed E-state index contributed by atoms with van der Waals surface area (Å²) in [5.41, 5.74) is 6.22. The normalized spacial score (nSPS) is 17.6. The first kappa shape index (κ1) is 30.9. The maximum absolute atomic E-state index is 15.1. The standard InChI is InChI=1S/C28H30F4N8O4/c1-3-44-27(42)38-25-22-26(36-13-35-25)40(14-37-22)11-15-7-19(16-8-18(30)21(43-2)9-17(16)29)34-10-20(15)39-6-4-5-28(33,12-39)23(41)24(31)32/h7-10,13-14,23-24,41H,3-6,11-12,33H2,1-2H3,(H,35,36,38,42)/t23-,28-/m1/s1. The molecule has 0 radical (unpaired) electrons. The molecule has 1 amide bonds. The minimum Gasteiger partial charge on any atom is -0.494 e. The molecule has 234 valence electrons. The first-order valence-corrected chi connectivity index (χ1v) is 13.7. The third kappa shape index (κ3) is 6.07. The van der Waals surface area contributed by atoms with Crippen LogP contribution in [0, 0.1) is 11.6 Å². The van der Waals surface area contributed by atoms with E-state index in [9.17, 15) is 23.1 Å². The summed E-state index contributed by atoms with van der Waals surface area (Å²) in [4.78, 5) is 30.8. The van der Waals surface area contributed by atoms with Gasteiger partial charge in [0, 0.05) is 24.7 Å². The lowest BCUT2D eigenvalue weighted by atomic mass is 9.84. The molecule has 12 nitrogen and oxygen atoms in total. The number of hydrogen-bond donors (Lipinski definition) is 3. The quantitative estimate of drug-likeness (QED) is 0.237. The molecular weight excluding hydrogens is 588 g/mol.